The molecule has 2 rings (SSSR count). The fourth-order valence-electron chi connectivity index (χ4n) is 2.32. The number of hydrogen-bond acceptors (Lipinski definition) is 5. The van der Waals surface area contributed by atoms with Gasteiger partial charge in [-0.25, -0.2) is 8.42 Å². The Hall–Kier alpha value is -1.35. The number of nitrogens with zero attached hydrogens (tertiary/aromatic N) is 1. The fraction of sp³-hybridized carbons (Fsp3) is 0.462. The minimum Gasteiger partial charge on any atom is -0.497 e. The van der Waals surface area contributed by atoms with Gasteiger partial charge in [0.15, 0.2) is 0 Å². The van der Waals surface area contributed by atoms with Crippen molar-refractivity contribution in [3.63, 3.8) is 0 Å². The van der Waals surface area contributed by atoms with Crippen LogP contribution in [0.1, 0.15) is 0 Å². The first-order chi connectivity index (χ1) is 10.3. The highest BCUT2D eigenvalue weighted by molar-refractivity contribution is 7.89. The molecule has 1 aliphatic heterocycles. The van der Waals surface area contributed by atoms with Crippen LogP contribution in [0.4, 0.5) is 0 Å². The van der Waals surface area contributed by atoms with Gasteiger partial charge in [0.25, 0.3) is 0 Å². The summed E-state index contributed by atoms with van der Waals surface area (Å²) in [5.74, 6) is -0.645. The Morgan fingerprint density at radius 3 is 2.50 bits per heavy atom. The van der Waals surface area contributed by atoms with Crippen molar-refractivity contribution in [1.82, 2.24) is 4.31 Å². The van der Waals surface area contributed by atoms with Gasteiger partial charge in [0, 0.05) is 26.3 Å². The normalized spacial score (nSPS) is 17.8. The molecule has 0 amide bonds. The molecule has 1 fully saturated rings. The predicted molar refractivity (Wildman–Crippen MR) is 78.7 cm³/mol. The molecule has 0 saturated carbocycles. The molecule has 0 radical (unpaired) electrons. The maximum atomic E-state index is 12.5. The number of aliphatic carboxylic acids is 1. The molecular weight excluding hydrogens is 334 g/mol. The first-order valence-electron chi connectivity index (χ1n) is 6.33. The molecule has 1 heterocycles. The second kappa shape index (κ2) is 6.04. The molecule has 22 heavy (non-hydrogen) atoms. The Kier molecular flexibility index (Phi) is 4.67. The van der Waals surface area contributed by atoms with E-state index >= 15 is 0 Å². The van der Waals surface area contributed by atoms with Crippen LogP contribution >= 0.6 is 11.6 Å². The molecule has 0 spiro atoms. The second-order valence-corrected chi connectivity index (χ2v) is 7.40. The van der Waals surface area contributed by atoms with Crippen molar-refractivity contribution in [1.29, 1.82) is 0 Å². The molecule has 1 aromatic carbocycles. The molecule has 7 nitrogen and oxygen atoms in total. The third-order valence-electron chi connectivity index (χ3n) is 3.59. The lowest BCUT2D eigenvalue weighted by molar-refractivity contribution is -0.161. The Morgan fingerprint density at radius 2 is 2.05 bits per heavy atom. The molecule has 0 unspecified atom stereocenters. The minimum atomic E-state index is -3.85. The zero-order valence-electron chi connectivity index (χ0n) is 12.1. The number of methoxy groups -OCH3 is 2. The highest BCUT2D eigenvalue weighted by Crippen LogP contribution is 2.37. The second-order valence-electron chi connectivity index (χ2n) is 5.09. The number of carboxylic acids is 1. The molecule has 9 heteroatoms. The van der Waals surface area contributed by atoms with E-state index in [1.54, 1.807) is 0 Å². The van der Waals surface area contributed by atoms with E-state index in [2.05, 4.69) is 0 Å². The molecule has 122 valence electrons. The van der Waals surface area contributed by atoms with E-state index in [1.165, 1.54) is 32.4 Å². The number of carbonyl (C=O) groups is 1. The summed E-state index contributed by atoms with van der Waals surface area (Å²) >= 11 is 5.99. The minimum absolute atomic E-state index is 0.0268. The van der Waals surface area contributed by atoms with Gasteiger partial charge in [-0.2, -0.15) is 4.31 Å². The summed E-state index contributed by atoms with van der Waals surface area (Å²) in [7, 11) is -1.03. The molecule has 1 aliphatic rings. The maximum absolute atomic E-state index is 12.5. The maximum Gasteiger partial charge on any atom is 0.314 e. The third kappa shape index (κ3) is 2.79. The summed E-state index contributed by atoms with van der Waals surface area (Å²) in [6, 6.07) is 4.22. The topological polar surface area (TPSA) is 93.1 Å². The highest BCUT2D eigenvalue weighted by atomic mass is 35.5. The monoisotopic (exact) mass is 349 g/mol. The Labute approximate surface area is 133 Å². The van der Waals surface area contributed by atoms with E-state index in [-0.39, 0.29) is 29.6 Å². The van der Waals surface area contributed by atoms with Gasteiger partial charge < -0.3 is 14.6 Å². The number of ether oxygens (including phenoxy) is 2. The third-order valence-corrected chi connectivity index (χ3v) is 5.86. The lowest BCUT2D eigenvalue weighted by Crippen LogP contribution is -2.63. The lowest BCUT2D eigenvalue weighted by Gasteiger charge is -2.45. The zero-order chi connectivity index (χ0) is 16.5. The molecule has 1 N–H and O–H groups in total. The first-order valence-corrected chi connectivity index (χ1v) is 8.15. The summed E-state index contributed by atoms with van der Waals surface area (Å²) in [5, 5.41) is 9.27. The van der Waals surface area contributed by atoms with E-state index < -0.39 is 21.4 Å². The molecule has 0 aliphatic carbocycles. The smallest absolute Gasteiger partial charge is 0.314 e. The summed E-state index contributed by atoms with van der Waals surface area (Å²) in [6.07, 6.45) is 0. The van der Waals surface area contributed by atoms with Crippen molar-refractivity contribution in [3.8, 4) is 5.75 Å². The van der Waals surface area contributed by atoms with E-state index in [9.17, 15) is 18.3 Å². The summed E-state index contributed by atoms with van der Waals surface area (Å²) in [4.78, 5) is 11.2. The van der Waals surface area contributed by atoms with E-state index in [4.69, 9.17) is 21.1 Å². The van der Waals surface area contributed by atoms with Crippen molar-refractivity contribution in [2.45, 2.75) is 4.90 Å². The van der Waals surface area contributed by atoms with Crippen LogP contribution in [-0.4, -0.2) is 57.7 Å². The van der Waals surface area contributed by atoms with Crippen LogP contribution in [0.2, 0.25) is 5.02 Å². The number of rotatable bonds is 6. The zero-order valence-corrected chi connectivity index (χ0v) is 13.6. The summed E-state index contributed by atoms with van der Waals surface area (Å²) < 4.78 is 36.0. The number of carboxylic acid groups (broad SMARTS) is 1. The van der Waals surface area contributed by atoms with Crippen LogP contribution in [0.15, 0.2) is 23.1 Å². The molecule has 0 atom stereocenters. The van der Waals surface area contributed by atoms with Gasteiger partial charge in [0.1, 0.15) is 16.1 Å². The molecule has 1 saturated heterocycles. The molecular formula is C13H16ClNO6S. The standard InChI is InChI=1S/C13H16ClNO6S/c1-20-8-13(12(16)17)6-15(7-13)22(18,19)11-4-3-9(21-2)5-10(11)14/h3-5H,6-8H2,1-2H3,(H,16,17). The van der Waals surface area contributed by atoms with Crippen molar-refractivity contribution in [2.24, 2.45) is 5.41 Å². The average molecular weight is 350 g/mol. The van der Waals surface area contributed by atoms with Crippen LogP contribution in [-0.2, 0) is 19.6 Å². The van der Waals surface area contributed by atoms with Crippen molar-refractivity contribution in [2.75, 3.05) is 33.9 Å². The van der Waals surface area contributed by atoms with Gasteiger partial charge in [-0.3, -0.25) is 4.79 Å². The van der Waals surface area contributed by atoms with Gasteiger partial charge >= 0.3 is 5.97 Å². The van der Waals surface area contributed by atoms with Crippen LogP contribution in [0.5, 0.6) is 5.75 Å². The Bertz CT molecular complexity index is 684. The Balaban J connectivity index is 2.25. The molecule has 0 aromatic heterocycles. The van der Waals surface area contributed by atoms with Crippen LogP contribution in [0.25, 0.3) is 0 Å². The van der Waals surface area contributed by atoms with E-state index in [0.29, 0.717) is 5.75 Å². The van der Waals surface area contributed by atoms with Gasteiger partial charge in [0.05, 0.1) is 18.7 Å². The summed E-state index contributed by atoms with van der Waals surface area (Å²) in [6.45, 7) is -0.355. The number of sulfonamides is 1. The first kappa shape index (κ1) is 17.0. The van der Waals surface area contributed by atoms with Crippen molar-refractivity contribution >= 4 is 27.6 Å². The van der Waals surface area contributed by atoms with E-state index in [1.807, 2.05) is 0 Å². The van der Waals surface area contributed by atoms with Gasteiger partial charge in [-0.05, 0) is 12.1 Å². The SMILES string of the molecule is COCC1(C(=O)O)CN(S(=O)(=O)c2ccc(OC)cc2Cl)C1. The number of halogens is 1. The van der Waals surface area contributed by atoms with Crippen molar-refractivity contribution in [3.05, 3.63) is 23.2 Å². The van der Waals surface area contributed by atoms with Crippen LogP contribution in [0, 0.1) is 5.41 Å². The molecule has 0 bridgehead atoms. The predicted octanol–water partition coefficient (Wildman–Crippen LogP) is 1.07. The number of benzene rings is 1. The van der Waals surface area contributed by atoms with Crippen molar-refractivity contribution < 1.29 is 27.8 Å². The van der Waals surface area contributed by atoms with Gasteiger partial charge in [-0.1, -0.05) is 11.6 Å². The summed E-state index contributed by atoms with van der Waals surface area (Å²) in [5.41, 5.74) is -1.21. The van der Waals surface area contributed by atoms with Crippen LogP contribution in [0.3, 0.4) is 0 Å². The Morgan fingerprint density at radius 1 is 1.41 bits per heavy atom. The van der Waals surface area contributed by atoms with E-state index in [0.717, 1.165) is 4.31 Å². The lowest BCUT2D eigenvalue weighted by atomic mass is 9.83. The van der Waals surface area contributed by atoms with Gasteiger partial charge in [0.2, 0.25) is 10.0 Å². The largest absolute Gasteiger partial charge is 0.497 e. The quantitative estimate of drug-likeness (QED) is 0.825. The fourth-order valence-corrected chi connectivity index (χ4v) is 4.44. The van der Waals surface area contributed by atoms with Crippen LogP contribution < -0.4 is 4.74 Å². The molecule has 1 aromatic rings. The highest BCUT2D eigenvalue weighted by Gasteiger charge is 2.54. The number of hydrogen-bond donors (Lipinski definition) is 1. The average Bonchev–Trinajstić information content (AvgIpc) is 2.41. The van der Waals surface area contributed by atoms with Gasteiger partial charge in [-0.15, -0.1) is 0 Å².